The zero-order chi connectivity index (χ0) is 13.6. The molecule has 1 fully saturated rings. The minimum atomic E-state index is 0.472. The highest BCUT2D eigenvalue weighted by molar-refractivity contribution is 5.18. The minimum Gasteiger partial charge on any atom is -0.377 e. The molecule has 0 aromatic rings. The molecule has 1 heterocycles. The fourth-order valence-corrected chi connectivity index (χ4v) is 4.71. The van der Waals surface area contributed by atoms with Crippen LogP contribution in [0.4, 0.5) is 0 Å². The fraction of sp³-hybridized carbons (Fsp3) is 0.778. The van der Waals surface area contributed by atoms with Crippen LogP contribution in [-0.2, 0) is 4.74 Å². The van der Waals surface area contributed by atoms with Crippen LogP contribution in [0.1, 0.15) is 47.0 Å². The van der Waals surface area contributed by atoms with E-state index in [1.807, 2.05) is 0 Å². The summed E-state index contributed by atoms with van der Waals surface area (Å²) in [5.41, 5.74) is 3.16. The Balaban J connectivity index is 1.82. The average Bonchev–Trinajstić information content (AvgIpc) is 2.37. The van der Waals surface area contributed by atoms with Gasteiger partial charge < -0.3 is 4.74 Å². The van der Waals surface area contributed by atoms with Gasteiger partial charge in [0.1, 0.15) is 0 Å². The summed E-state index contributed by atoms with van der Waals surface area (Å²) in [7, 11) is 0. The van der Waals surface area contributed by atoms with Gasteiger partial charge in [-0.2, -0.15) is 0 Å². The number of rotatable bonds is 1. The van der Waals surface area contributed by atoms with Crippen molar-refractivity contribution in [1.29, 1.82) is 0 Å². The van der Waals surface area contributed by atoms with E-state index in [-0.39, 0.29) is 0 Å². The van der Waals surface area contributed by atoms with Crippen LogP contribution in [0.2, 0.25) is 0 Å². The number of hydrogen-bond donors (Lipinski definition) is 0. The van der Waals surface area contributed by atoms with Gasteiger partial charge in [-0.05, 0) is 56.8 Å². The Morgan fingerprint density at radius 3 is 2.68 bits per heavy atom. The quantitative estimate of drug-likeness (QED) is 0.626. The maximum Gasteiger partial charge on any atom is 0.0674 e. The first kappa shape index (κ1) is 13.4. The molecule has 3 aliphatic rings. The second-order valence-electron chi connectivity index (χ2n) is 7.20. The monoisotopic (exact) mass is 260 g/mol. The van der Waals surface area contributed by atoms with E-state index < -0.39 is 0 Å². The molecule has 0 saturated carbocycles. The summed E-state index contributed by atoms with van der Waals surface area (Å²) >= 11 is 0. The summed E-state index contributed by atoms with van der Waals surface area (Å²) in [6.07, 6.45) is 9.26. The number of ether oxygens (including phenoxy) is 1. The molecule has 1 heteroatoms. The van der Waals surface area contributed by atoms with Gasteiger partial charge >= 0.3 is 0 Å². The Labute approximate surface area is 118 Å². The van der Waals surface area contributed by atoms with Crippen molar-refractivity contribution >= 4 is 0 Å². The minimum absolute atomic E-state index is 0.472. The topological polar surface area (TPSA) is 9.23 Å². The van der Waals surface area contributed by atoms with Gasteiger partial charge in [0.2, 0.25) is 0 Å². The maximum absolute atomic E-state index is 6.36. The van der Waals surface area contributed by atoms with Gasteiger partial charge in [0.05, 0.1) is 12.7 Å². The molecule has 3 rings (SSSR count). The van der Waals surface area contributed by atoms with Gasteiger partial charge in [0.15, 0.2) is 0 Å². The Kier molecular flexibility index (Phi) is 3.59. The lowest BCUT2D eigenvalue weighted by Gasteiger charge is -2.50. The lowest BCUT2D eigenvalue weighted by Crippen LogP contribution is -2.49. The molecule has 0 unspecified atom stereocenters. The van der Waals surface area contributed by atoms with Gasteiger partial charge in [-0.3, -0.25) is 0 Å². The summed E-state index contributed by atoms with van der Waals surface area (Å²) in [6, 6.07) is 0. The van der Waals surface area contributed by atoms with E-state index in [4.69, 9.17) is 4.74 Å². The first-order valence-corrected chi connectivity index (χ1v) is 8.03. The molecule has 2 aliphatic carbocycles. The van der Waals surface area contributed by atoms with Crippen LogP contribution in [-0.4, -0.2) is 12.7 Å². The molecule has 0 aromatic heterocycles. The van der Waals surface area contributed by atoms with Crippen LogP contribution < -0.4 is 0 Å². The van der Waals surface area contributed by atoms with Crippen LogP contribution in [0.15, 0.2) is 23.3 Å². The van der Waals surface area contributed by atoms with Gasteiger partial charge in [0.25, 0.3) is 0 Å². The molecule has 0 N–H and O–H groups in total. The van der Waals surface area contributed by atoms with E-state index >= 15 is 0 Å². The molecule has 1 aliphatic heterocycles. The largest absolute Gasteiger partial charge is 0.377 e. The normalized spacial score (nSPS) is 46.5. The average molecular weight is 260 g/mol. The van der Waals surface area contributed by atoms with Crippen molar-refractivity contribution < 1.29 is 4.74 Å². The van der Waals surface area contributed by atoms with Crippen molar-refractivity contribution in [2.24, 2.45) is 29.6 Å². The SMILES string of the molecule is CC1=CC[C@H]([C@H]2OC[C@H]3[C@@H](C)[C@@H]2C(C)=C[C@H]3C)CC1. The van der Waals surface area contributed by atoms with Crippen molar-refractivity contribution in [2.75, 3.05) is 6.61 Å². The number of fused-ring (bicyclic) bond motifs is 2. The van der Waals surface area contributed by atoms with Crippen LogP contribution >= 0.6 is 0 Å². The standard InChI is InChI=1S/C18H28O/c1-11-5-7-15(8-6-11)18-17-13(3)9-12(2)16(10-19-18)14(17)4/h5,9,12,14-18H,6-8,10H2,1-4H3/t12-,14-,15+,16-,17+,18-/m1/s1. The van der Waals surface area contributed by atoms with E-state index in [9.17, 15) is 0 Å². The van der Waals surface area contributed by atoms with Gasteiger partial charge in [0, 0.05) is 5.92 Å². The van der Waals surface area contributed by atoms with Crippen LogP contribution in [0.3, 0.4) is 0 Å². The number of hydrogen-bond acceptors (Lipinski definition) is 1. The Hall–Kier alpha value is -0.560. The predicted molar refractivity (Wildman–Crippen MR) is 79.9 cm³/mol. The molecular weight excluding hydrogens is 232 g/mol. The number of allylic oxidation sites excluding steroid dienone is 3. The fourth-order valence-electron chi connectivity index (χ4n) is 4.71. The lowest BCUT2D eigenvalue weighted by atomic mass is 9.63. The summed E-state index contributed by atoms with van der Waals surface area (Å²) < 4.78 is 6.36. The maximum atomic E-state index is 6.36. The molecule has 0 amide bonds. The van der Waals surface area contributed by atoms with E-state index in [2.05, 4.69) is 39.8 Å². The zero-order valence-electron chi connectivity index (χ0n) is 12.9. The van der Waals surface area contributed by atoms with E-state index in [1.165, 1.54) is 19.3 Å². The van der Waals surface area contributed by atoms with Gasteiger partial charge in [-0.1, -0.05) is 37.1 Å². The first-order chi connectivity index (χ1) is 9.08. The van der Waals surface area contributed by atoms with Crippen molar-refractivity contribution in [1.82, 2.24) is 0 Å². The molecule has 0 spiro atoms. The third kappa shape index (κ3) is 2.31. The molecule has 2 bridgehead atoms. The lowest BCUT2D eigenvalue weighted by molar-refractivity contribution is -0.117. The van der Waals surface area contributed by atoms with E-state index in [0.29, 0.717) is 17.9 Å². The Morgan fingerprint density at radius 1 is 1.21 bits per heavy atom. The molecule has 0 aromatic carbocycles. The summed E-state index contributed by atoms with van der Waals surface area (Å²) in [5.74, 6) is 3.65. The van der Waals surface area contributed by atoms with Crippen molar-refractivity contribution in [2.45, 2.75) is 53.1 Å². The van der Waals surface area contributed by atoms with Crippen LogP contribution in [0.25, 0.3) is 0 Å². The third-order valence-corrected chi connectivity index (χ3v) is 5.95. The molecule has 1 saturated heterocycles. The highest BCUT2D eigenvalue weighted by atomic mass is 16.5. The summed E-state index contributed by atoms with van der Waals surface area (Å²) in [4.78, 5) is 0. The van der Waals surface area contributed by atoms with Crippen molar-refractivity contribution in [3.8, 4) is 0 Å². The second-order valence-corrected chi connectivity index (χ2v) is 7.20. The summed E-state index contributed by atoms with van der Waals surface area (Å²) in [5, 5.41) is 0. The molecule has 0 radical (unpaired) electrons. The van der Waals surface area contributed by atoms with Gasteiger partial charge in [-0.25, -0.2) is 0 Å². The second kappa shape index (κ2) is 5.09. The summed E-state index contributed by atoms with van der Waals surface area (Å²) in [6.45, 7) is 10.4. The van der Waals surface area contributed by atoms with Crippen LogP contribution in [0.5, 0.6) is 0 Å². The highest BCUT2D eigenvalue weighted by Crippen LogP contribution is 2.47. The first-order valence-electron chi connectivity index (χ1n) is 8.03. The molecule has 19 heavy (non-hydrogen) atoms. The van der Waals surface area contributed by atoms with E-state index in [0.717, 1.165) is 24.4 Å². The molecule has 6 atom stereocenters. The van der Waals surface area contributed by atoms with Gasteiger partial charge in [-0.15, -0.1) is 0 Å². The third-order valence-electron chi connectivity index (χ3n) is 5.95. The van der Waals surface area contributed by atoms with Crippen LogP contribution in [0, 0.1) is 29.6 Å². The molecular formula is C18H28O. The molecule has 106 valence electrons. The molecule has 1 nitrogen and oxygen atoms in total. The predicted octanol–water partition coefficient (Wildman–Crippen LogP) is 4.60. The van der Waals surface area contributed by atoms with Crippen molar-refractivity contribution in [3.05, 3.63) is 23.3 Å². The van der Waals surface area contributed by atoms with E-state index in [1.54, 1.807) is 11.1 Å². The zero-order valence-corrected chi connectivity index (χ0v) is 12.9. The Bertz CT molecular complexity index is 406. The van der Waals surface area contributed by atoms with Crippen molar-refractivity contribution in [3.63, 3.8) is 0 Å². The smallest absolute Gasteiger partial charge is 0.0674 e. The Morgan fingerprint density at radius 2 is 2.00 bits per heavy atom. The highest BCUT2D eigenvalue weighted by Gasteiger charge is 2.45.